The summed E-state index contributed by atoms with van der Waals surface area (Å²) in [5.74, 6) is -1.95. The summed E-state index contributed by atoms with van der Waals surface area (Å²) >= 11 is 12.1. The minimum atomic E-state index is -4.25. The van der Waals surface area contributed by atoms with Gasteiger partial charge in [-0.3, -0.25) is 9.59 Å². The number of carbonyl (C=O) groups is 2. The number of hydrogen-bond acceptors (Lipinski definition) is 4. The Labute approximate surface area is 215 Å². The molecule has 0 aliphatic rings. The third-order valence-electron chi connectivity index (χ3n) is 5.08. The van der Waals surface area contributed by atoms with Crippen molar-refractivity contribution >= 4 is 50.9 Å². The van der Waals surface area contributed by atoms with E-state index in [1.807, 2.05) is 0 Å². The number of benzene rings is 2. The van der Waals surface area contributed by atoms with E-state index in [1.165, 1.54) is 44.1 Å². The Morgan fingerprint density at radius 1 is 1.03 bits per heavy atom. The molecule has 0 unspecified atom stereocenters. The second-order valence-corrected chi connectivity index (χ2v) is 11.2. The van der Waals surface area contributed by atoms with E-state index in [4.69, 9.17) is 23.2 Å². The van der Waals surface area contributed by atoms with Crippen LogP contribution in [0.4, 0.5) is 10.1 Å². The van der Waals surface area contributed by atoms with E-state index in [-0.39, 0.29) is 23.3 Å². The van der Waals surface area contributed by atoms with Crippen molar-refractivity contribution in [3.63, 3.8) is 0 Å². The predicted molar refractivity (Wildman–Crippen MR) is 136 cm³/mol. The number of anilines is 1. The fourth-order valence-corrected chi connectivity index (χ4v) is 4.56. The van der Waals surface area contributed by atoms with Crippen molar-refractivity contribution in [2.45, 2.75) is 39.4 Å². The van der Waals surface area contributed by atoms with Gasteiger partial charge in [0.15, 0.2) is 0 Å². The highest BCUT2D eigenvalue weighted by Gasteiger charge is 2.33. The number of hydrogen-bond donors (Lipinski definition) is 1. The molecule has 0 saturated carbocycles. The van der Waals surface area contributed by atoms with E-state index in [0.717, 1.165) is 10.4 Å². The lowest BCUT2D eigenvalue weighted by Crippen LogP contribution is -2.53. The molecule has 0 bridgehead atoms. The molecule has 0 aliphatic carbocycles. The van der Waals surface area contributed by atoms with Crippen LogP contribution in [0.3, 0.4) is 0 Å². The SMILES string of the molecule is CC(C)NC(=O)[C@H](C)N(Cc1ccc(Cl)c(Cl)c1)C(=O)CN(c1ccccc1F)S(=O)(=O)N(C)C. The van der Waals surface area contributed by atoms with Crippen LogP contribution in [-0.4, -0.2) is 62.2 Å². The number of para-hydroxylation sites is 1. The van der Waals surface area contributed by atoms with Crippen LogP contribution in [0.5, 0.6) is 0 Å². The van der Waals surface area contributed by atoms with Crippen LogP contribution in [0.1, 0.15) is 26.3 Å². The number of rotatable bonds is 10. The zero-order valence-electron chi connectivity index (χ0n) is 20.1. The molecule has 8 nitrogen and oxygen atoms in total. The van der Waals surface area contributed by atoms with Crippen molar-refractivity contribution in [1.29, 1.82) is 0 Å². The minimum Gasteiger partial charge on any atom is -0.352 e. The van der Waals surface area contributed by atoms with Crippen LogP contribution in [0, 0.1) is 5.82 Å². The van der Waals surface area contributed by atoms with E-state index >= 15 is 0 Å². The van der Waals surface area contributed by atoms with Gasteiger partial charge in [0.2, 0.25) is 11.8 Å². The lowest BCUT2D eigenvalue weighted by Gasteiger charge is -2.33. The molecule has 0 radical (unpaired) electrons. The fourth-order valence-electron chi connectivity index (χ4n) is 3.18. The molecule has 2 aromatic carbocycles. The van der Waals surface area contributed by atoms with Gasteiger partial charge in [-0.2, -0.15) is 12.7 Å². The highest BCUT2D eigenvalue weighted by atomic mass is 35.5. The molecule has 2 amide bonds. The highest BCUT2D eigenvalue weighted by Crippen LogP contribution is 2.26. The van der Waals surface area contributed by atoms with Gasteiger partial charge in [-0.1, -0.05) is 41.4 Å². The Bertz CT molecular complexity index is 1180. The minimum absolute atomic E-state index is 0.0600. The predicted octanol–water partition coefficient (Wildman–Crippen LogP) is 3.69. The van der Waals surface area contributed by atoms with Crippen LogP contribution in [-0.2, 0) is 26.3 Å². The number of carbonyl (C=O) groups excluding carboxylic acids is 2. The van der Waals surface area contributed by atoms with Crippen molar-refractivity contribution in [2.24, 2.45) is 0 Å². The molecule has 2 aromatic rings. The lowest BCUT2D eigenvalue weighted by molar-refractivity contribution is -0.139. The van der Waals surface area contributed by atoms with E-state index in [9.17, 15) is 22.4 Å². The number of amides is 2. The molecule has 1 atom stereocenters. The van der Waals surface area contributed by atoms with Crippen molar-refractivity contribution in [1.82, 2.24) is 14.5 Å². The Morgan fingerprint density at radius 2 is 1.66 bits per heavy atom. The first kappa shape index (κ1) is 28.8. The third-order valence-corrected chi connectivity index (χ3v) is 7.62. The molecule has 0 fully saturated rings. The van der Waals surface area contributed by atoms with Gasteiger partial charge in [0.1, 0.15) is 18.4 Å². The van der Waals surface area contributed by atoms with E-state index < -0.39 is 40.4 Å². The first-order valence-electron chi connectivity index (χ1n) is 10.7. The summed E-state index contributed by atoms with van der Waals surface area (Å²) in [5, 5.41) is 3.33. The first-order valence-corrected chi connectivity index (χ1v) is 12.9. The molecule has 0 heterocycles. The monoisotopic (exact) mass is 546 g/mol. The maximum atomic E-state index is 14.6. The van der Waals surface area contributed by atoms with Crippen molar-refractivity contribution in [3.8, 4) is 0 Å². The second kappa shape index (κ2) is 12.0. The molecule has 0 saturated heterocycles. The van der Waals surface area contributed by atoms with Crippen LogP contribution in [0.15, 0.2) is 42.5 Å². The summed E-state index contributed by atoms with van der Waals surface area (Å²) in [5.41, 5.74) is 0.285. The average Bonchev–Trinajstić information content (AvgIpc) is 2.77. The molecule has 1 N–H and O–H groups in total. The highest BCUT2D eigenvalue weighted by molar-refractivity contribution is 7.90. The first-order chi connectivity index (χ1) is 16.2. The van der Waals surface area contributed by atoms with Gasteiger partial charge in [0.25, 0.3) is 0 Å². The second-order valence-electron chi connectivity index (χ2n) is 8.36. The summed E-state index contributed by atoms with van der Waals surface area (Å²) in [7, 11) is -1.70. The fraction of sp³-hybridized carbons (Fsp3) is 0.391. The van der Waals surface area contributed by atoms with E-state index in [1.54, 1.807) is 32.0 Å². The Hall–Kier alpha value is -2.40. The van der Waals surface area contributed by atoms with E-state index in [2.05, 4.69) is 5.32 Å². The average molecular weight is 547 g/mol. The Kier molecular flexibility index (Phi) is 9.91. The van der Waals surface area contributed by atoms with Gasteiger partial charge in [0.05, 0.1) is 15.7 Å². The molecular formula is C23H29Cl2FN4O4S. The molecule has 0 aliphatic heterocycles. The van der Waals surface area contributed by atoms with Crippen LogP contribution < -0.4 is 9.62 Å². The number of nitrogens with zero attached hydrogens (tertiary/aromatic N) is 3. The van der Waals surface area contributed by atoms with E-state index in [0.29, 0.717) is 14.9 Å². The van der Waals surface area contributed by atoms with Crippen molar-refractivity contribution in [2.75, 3.05) is 24.9 Å². The lowest BCUT2D eigenvalue weighted by atomic mass is 10.1. The number of nitrogens with one attached hydrogen (secondary N) is 1. The van der Waals surface area contributed by atoms with Crippen LogP contribution in [0.2, 0.25) is 10.0 Å². The Morgan fingerprint density at radius 3 is 2.20 bits per heavy atom. The topological polar surface area (TPSA) is 90.0 Å². The van der Waals surface area contributed by atoms with Gasteiger partial charge in [0, 0.05) is 26.7 Å². The summed E-state index contributed by atoms with van der Waals surface area (Å²) < 4.78 is 42.2. The maximum Gasteiger partial charge on any atom is 0.304 e. The van der Waals surface area contributed by atoms with Gasteiger partial charge in [-0.05, 0) is 50.6 Å². The molecule has 0 spiro atoms. The zero-order valence-corrected chi connectivity index (χ0v) is 22.5. The molecule has 2 rings (SSSR count). The molecular weight excluding hydrogens is 518 g/mol. The molecule has 192 valence electrons. The normalized spacial score (nSPS) is 12.5. The summed E-state index contributed by atoms with van der Waals surface area (Å²) in [6, 6.07) is 8.85. The zero-order chi connectivity index (χ0) is 26.5. The Balaban J connectivity index is 2.49. The number of halogens is 3. The molecule has 0 aromatic heterocycles. The molecule has 35 heavy (non-hydrogen) atoms. The largest absolute Gasteiger partial charge is 0.352 e. The maximum absolute atomic E-state index is 14.6. The third kappa shape index (κ3) is 7.30. The summed E-state index contributed by atoms with van der Waals surface area (Å²) in [6.07, 6.45) is 0. The van der Waals surface area contributed by atoms with Gasteiger partial charge < -0.3 is 10.2 Å². The van der Waals surface area contributed by atoms with Crippen molar-refractivity contribution in [3.05, 3.63) is 63.9 Å². The van der Waals surface area contributed by atoms with Gasteiger partial charge in [-0.15, -0.1) is 0 Å². The summed E-state index contributed by atoms with van der Waals surface area (Å²) in [6.45, 7) is 4.29. The summed E-state index contributed by atoms with van der Waals surface area (Å²) in [4.78, 5) is 27.5. The quantitative estimate of drug-likeness (QED) is 0.492. The standard InChI is InChI=1S/C23H29Cl2FN4O4S/c1-15(2)27-23(32)16(3)29(13-17-10-11-18(24)19(25)12-17)22(31)14-30(35(33,34)28(4)5)21-9-7-6-8-20(21)26/h6-12,15-16H,13-14H2,1-5H3,(H,27,32)/t16-/m0/s1. The van der Waals surface area contributed by atoms with Crippen LogP contribution >= 0.6 is 23.2 Å². The van der Waals surface area contributed by atoms with Gasteiger partial charge >= 0.3 is 10.2 Å². The van der Waals surface area contributed by atoms with Crippen LogP contribution in [0.25, 0.3) is 0 Å². The smallest absolute Gasteiger partial charge is 0.304 e. The van der Waals surface area contributed by atoms with Crippen molar-refractivity contribution < 1.29 is 22.4 Å². The molecule has 12 heteroatoms. The van der Waals surface area contributed by atoms with Gasteiger partial charge in [-0.25, -0.2) is 8.70 Å².